The number of nitrogens with one attached hydrogen (secondary N) is 3. The van der Waals surface area contributed by atoms with Crippen LogP contribution in [0.25, 0.3) is 0 Å². The molecule has 2 aliphatic heterocycles. The van der Waals surface area contributed by atoms with Gasteiger partial charge < -0.3 is 20.6 Å². The lowest BCUT2D eigenvalue weighted by atomic mass is 9.91. The number of aliphatic hydroxyl groups excluding tert-OH is 1. The fourth-order valence-corrected chi connectivity index (χ4v) is 6.41. The number of urea groups is 1. The molecule has 38 heavy (non-hydrogen) atoms. The first kappa shape index (κ1) is 24.8. The lowest BCUT2D eigenvalue weighted by Gasteiger charge is -2.32. The number of hydrogen-bond acceptors (Lipinski definition) is 5. The van der Waals surface area contributed by atoms with Crippen LogP contribution in [0, 0.1) is 11.7 Å². The van der Waals surface area contributed by atoms with Crippen LogP contribution in [0.3, 0.4) is 0 Å². The summed E-state index contributed by atoms with van der Waals surface area (Å²) in [7, 11) is 1.53. The van der Waals surface area contributed by atoms with E-state index in [1.165, 1.54) is 18.0 Å². The van der Waals surface area contributed by atoms with Gasteiger partial charge in [0.05, 0.1) is 0 Å². The van der Waals surface area contributed by atoms with E-state index >= 15 is 0 Å². The maximum Gasteiger partial charge on any atom is 0.318 e. The van der Waals surface area contributed by atoms with Crippen molar-refractivity contribution in [2.75, 3.05) is 18.9 Å². The number of aliphatic hydroxyl groups is 1. The number of nitrogens with zero attached hydrogens (tertiary/aromatic N) is 2. The van der Waals surface area contributed by atoms with Gasteiger partial charge in [-0.1, -0.05) is 12.1 Å². The second-order valence-electron chi connectivity index (χ2n) is 10.8. The normalized spacial score (nSPS) is 26.2. The van der Waals surface area contributed by atoms with Crippen molar-refractivity contribution >= 4 is 23.5 Å². The molecular weight excluding hydrogens is 489 g/mol. The van der Waals surface area contributed by atoms with Crippen LogP contribution in [0.4, 0.5) is 14.9 Å². The number of benzene rings is 2. The maximum atomic E-state index is 13.9. The van der Waals surface area contributed by atoms with Crippen molar-refractivity contribution in [3.8, 4) is 0 Å². The van der Waals surface area contributed by atoms with Crippen LogP contribution >= 0.6 is 0 Å². The summed E-state index contributed by atoms with van der Waals surface area (Å²) < 4.78 is 13.9. The van der Waals surface area contributed by atoms with E-state index in [9.17, 15) is 23.9 Å². The third-order valence-corrected chi connectivity index (χ3v) is 8.53. The summed E-state index contributed by atoms with van der Waals surface area (Å²) in [6.07, 6.45) is 3.32. The third kappa shape index (κ3) is 4.21. The van der Waals surface area contributed by atoms with Gasteiger partial charge in [0, 0.05) is 25.3 Å². The van der Waals surface area contributed by atoms with Crippen LogP contribution in [0.15, 0.2) is 36.4 Å². The van der Waals surface area contributed by atoms with Crippen molar-refractivity contribution in [1.82, 2.24) is 20.4 Å². The van der Waals surface area contributed by atoms with Gasteiger partial charge in [0.25, 0.3) is 5.91 Å². The van der Waals surface area contributed by atoms with E-state index in [0.29, 0.717) is 37.4 Å². The Morgan fingerprint density at radius 3 is 2.68 bits per heavy atom. The number of fused-ring (bicyclic) bond motifs is 3. The summed E-state index contributed by atoms with van der Waals surface area (Å²) in [6.45, 7) is 0.135. The molecule has 0 aromatic heterocycles. The van der Waals surface area contributed by atoms with Gasteiger partial charge in [0.15, 0.2) is 6.35 Å². The maximum absolute atomic E-state index is 13.9. The minimum atomic E-state index is -1.30. The topological polar surface area (TPSA) is 114 Å². The van der Waals surface area contributed by atoms with E-state index < -0.39 is 11.9 Å². The number of carbonyl (C=O) groups excluding carboxylic acids is 3. The standard InChI is InChI=1S/C28H32FN5O4/c1-30-26(37)31-21-7-8-22-18(13-21)10-11-28(22)25(36)34(27(38)32-28)15-24(35)33-14-19-4-6-20(29)12-17(19)5-9-23(33)16-2-3-16/h4,6-8,12-13,16,23,27,32,38H,2-3,5,9-11,14-15H2,1H3,(H2,30,31,37)/t23-,27?,28+/m1/s1. The van der Waals surface area contributed by atoms with Crippen molar-refractivity contribution < 1.29 is 23.9 Å². The van der Waals surface area contributed by atoms with E-state index in [1.54, 1.807) is 24.3 Å². The lowest BCUT2D eigenvalue weighted by molar-refractivity contribution is -0.147. The van der Waals surface area contributed by atoms with E-state index in [1.807, 2.05) is 11.0 Å². The van der Waals surface area contributed by atoms with Crippen molar-refractivity contribution in [2.45, 2.75) is 63.0 Å². The predicted octanol–water partition coefficient (Wildman–Crippen LogP) is 2.18. The number of rotatable bonds is 4. The van der Waals surface area contributed by atoms with Crippen molar-refractivity contribution in [1.29, 1.82) is 0 Å². The Bertz CT molecular complexity index is 1310. The van der Waals surface area contributed by atoms with Crippen molar-refractivity contribution in [3.63, 3.8) is 0 Å². The zero-order chi connectivity index (χ0) is 26.6. The summed E-state index contributed by atoms with van der Waals surface area (Å²) >= 11 is 0. The molecule has 1 unspecified atom stereocenters. The van der Waals surface area contributed by atoms with Crippen molar-refractivity contribution in [2.24, 2.45) is 5.92 Å². The number of carbonyl (C=O) groups is 3. The van der Waals surface area contributed by atoms with Crippen LogP contribution in [0.2, 0.25) is 0 Å². The Balaban J connectivity index is 1.22. The first-order chi connectivity index (χ1) is 18.3. The van der Waals surface area contributed by atoms with Crippen LogP contribution in [-0.4, -0.2) is 58.7 Å². The molecule has 4 amide bonds. The largest absolute Gasteiger partial charge is 0.361 e. The zero-order valence-corrected chi connectivity index (χ0v) is 21.3. The SMILES string of the molecule is CNC(=O)Nc1ccc2c(c1)CC[C@]21NC(O)N(CC(=O)N2Cc3ccc(F)cc3CC[C@@H]2C2CC2)C1=O. The van der Waals surface area contributed by atoms with Gasteiger partial charge in [-0.2, -0.15) is 0 Å². The first-order valence-electron chi connectivity index (χ1n) is 13.2. The van der Waals surface area contributed by atoms with E-state index in [2.05, 4.69) is 16.0 Å². The highest BCUT2D eigenvalue weighted by Gasteiger charge is 2.55. The van der Waals surface area contributed by atoms with Gasteiger partial charge in [-0.05, 0) is 91.0 Å². The molecule has 0 radical (unpaired) electrons. The first-order valence-corrected chi connectivity index (χ1v) is 13.2. The quantitative estimate of drug-likeness (QED) is 0.493. The van der Waals surface area contributed by atoms with Crippen LogP contribution < -0.4 is 16.0 Å². The molecule has 2 fully saturated rings. The number of halogens is 1. The monoisotopic (exact) mass is 521 g/mol. The van der Waals surface area contributed by atoms with Gasteiger partial charge in [-0.15, -0.1) is 0 Å². The average molecular weight is 522 g/mol. The molecule has 1 saturated carbocycles. The van der Waals surface area contributed by atoms with Crippen LogP contribution in [0.5, 0.6) is 0 Å². The zero-order valence-electron chi connectivity index (χ0n) is 21.3. The fraction of sp³-hybridized carbons (Fsp3) is 0.464. The molecule has 1 spiro atoms. The molecule has 6 rings (SSSR count). The van der Waals surface area contributed by atoms with E-state index in [4.69, 9.17) is 0 Å². The number of amides is 4. The summed E-state index contributed by atoms with van der Waals surface area (Å²) in [5.74, 6) is -0.402. The average Bonchev–Trinajstić information content (AvgIpc) is 3.66. The van der Waals surface area contributed by atoms with Gasteiger partial charge in [0.2, 0.25) is 5.91 Å². The number of hydrogen-bond donors (Lipinski definition) is 4. The summed E-state index contributed by atoms with van der Waals surface area (Å²) in [5.41, 5.74) is 3.02. The molecule has 2 heterocycles. The Morgan fingerprint density at radius 2 is 1.92 bits per heavy atom. The van der Waals surface area contributed by atoms with Gasteiger partial charge in [-0.3, -0.25) is 19.8 Å². The Labute approximate surface area is 220 Å². The Kier molecular flexibility index (Phi) is 6.11. The van der Waals surface area contributed by atoms with Gasteiger partial charge in [0.1, 0.15) is 17.9 Å². The Morgan fingerprint density at radius 1 is 1.11 bits per heavy atom. The van der Waals surface area contributed by atoms with Crippen molar-refractivity contribution in [3.05, 3.63) is 64.5 Å². The smallest absolute Gasteiger partial charge is 0.318 e. The molecule has 2 aromatic rings. The molecule has 1 saturated heterocycles. The summed E-state index contributed by atoms with van der Waals surface area (Å²) in [4.78, 5) is 42.3. The highest BCUT2D eigenvalue weighted by molar-refractivity contribution is 5.95. The minimum absolute atomic E-state index is 0.0353. The molecule has 2 aromatic carbocycles. The fourth-order valence-electron chi connectivity index (χ4n) is 6.41. The molecule has 3 atom stereocenters. The molecule has 2 aliphatic carbocycles. The summed E-state index contributed by atoms with van der Waals surface area (Å²) in [6, 6.07) is 9.79. The minimum Gasteiger partial charge on any atom is -0.361 e. The Hall–Kier alpha value is -3.50. The lowest BCUT2D eigenvalue weighted by Crippen LogP contribution is -2.49. The molecule has 200 valence electrons. The predicted molar refractivity (Wildman–Crippen MR) is 137 cm³/mol. The van der Waals surface area contributed by atoms with Crippen LogP contribution in [-0.2, 0) is 34.5 Å². The number of aryl methyl sites for hydroxylation is 2. The summed E-state index contributed by atoms with van der Waals surface area (Å²) in [5, 5.41) is 19.2. The second kappa shape index (κ2) is 9.36. The number of anilines is 1. The van der Waals surface area contributed by atoms with Crippen LogP contribution in [0.1, 0.15) is 47.9 Å². The van der Waals surface area contributed by atoms with E-state index in [0.717, 1.165) is 41.5 Å². The highest BCUT2D eigenvalue weighted by Crippen LogP contribution is 2.43. The van der Waals surface area contributed by atoms with E-state index in [-0.39, 0.29) is 36.2 Å². The molecule has 4 aliphatic rings. The highest BCUT2D eigenvalue weighted by atomic mass is 19.1. The third-order valence-electron chi connectivity index (χ3n) is 8.53. The molecule has 4 N–H and O–H groups in total. The molecule has 10 heteroatoms. The molecule has 9 nitrogen and oxygen atoms in total. The second-order valence-corrected chi connectivity index (χ2v) is 10.8. The molecular formula is C28H32FN5O4. The van der Waals surface area contributed by atoms with Gasteiger partial charge in [-0.25, -0.2) is 9.18 Å². The van der Waals surface area contributed by atoms with Gasteiger partial charge >= 0.3 is 6.03 Å². The molecule has 0 bridgehead atoms.